The van der Waals surface area contributed by atoms with Gasteiger partial charge in [0.1, 0.15) is 11.5 Å². The number of nitrogens with one attached hydrogen (secondary N) is 1. The van der Waals surface area contributed by atoms with Gasteiger partial charge in [-0.05, 0) is 47.9 Å². The first-order valence-corrected chi connectivity index (χ1v) is 11.0. The zero-order chi connectivity index (χ0) is 21.6. The van der Waals surface area contributed by atoms with E-state index in [0.717, 1.165) is 73.6 Å². The number of benzene rings is 2. The molecule has 2 heterocycles. The standard InChI is InChI=1S/C25H30N4O2/c1-16(19-9-12-27-28-19)22-20(30)7-8-21(31-2)23(22)29-13-10-25(11-14-29)15-17-5-3-4-6-18(17)24(25)26/h3-8,24,27,30H,1,9-15,26H2,2H3/t24-/m1/s1. The molecule has 1 saturated heterocycles. The molecule has 31 heavy (non-hydrogen) atoms. The molecule has 0 aromatic heterocycles. The van der Waals surface area contributed by atoms with Crippen LogP contribution in [0.3, 0.4) is 0 Å². The third kappa shape index (κ3) is 3.17. The van der Waals surface area contributed by atoms with E-state index in [1.165, 1.54) is 11.1 Å². The molecule has 0 unspecified atom stereocenters. The Morgan fingerprint density at radius 2 is 2.03 bits per heavy atom. The molecule has 2 aromatic rings. The fourth-order valence-corrected chi connectivity index (χ4v) is 5.56. The second kappa shape index (κ2) is 7.61. The molecule has 0 saturated carbocycles. The van der Waals surface area contributed by atoms with Crippen LogP contribution in [0.5, 0.6) is 11.5 Å². The van der Waals surface area contributed by atoms with Crippen LogP contribution in [0.4, 0.5) is 5.69 Å². The van der Waals surface area contributed by atoms with Crippen LogP contribution in [0.1, 0.15) is 42.0 Å². The number of methoxy groups -OCH3 is 1. The van der Waals surface area contributed by atoms with Gasteiger partial charge in [-0.1, -0.05) is 30.8 Å². The Kier molecular flexibility index (Phi) is 4.89. The Hall–Kier alpha value is -2.99. The van der Waals surface area contributed by atoms with Crippen LogP contribution in [0, 0.1) is 5.41 Å². The Morgan fingerprint density at radius 1 is 1.26 bits per heavy atom. The molecule has 0 amide bonds. The van der Waals surface area contributed by atoms with Crippen molar-refractivity contribution in [3.05, 3.63) is 59.7 Å². The fraction of sp³-hybridized carbons (Fsp3) is 0.400. The number of anilines is 1. The van der Waals surface area contributed by atoms with Gasteiger partial charge < -0.3 is 25.9 Å². The summed E-state index contributed by atoms with van der Waals surface area (Å²) < 4.78 is 5.72. The summed E-state index contributed by atoms with van der Waals surface area (Å²) in [6, 6.07) is 12.2. The van der Waals surface area contributed by atoms with Crippen LogP contribution in [0.25, 0.3) is 5.57 Å². The third-order valence-corrected chi connectivity index (χ3v) is 7.34. The van der Waals surface area contributed by atoms with Crippen molar-refractivity contribution in [3.8, 4) is 11.5 Å². The molecule has 1 atom stereocenters. The van der Waals surface area contributed by atoms with E-state index in [4.69, 9.17) is 10.5 Å². The van der Waals surface area contributed by atoms with E-state index in [1.807, 2.05) is 6.07 Å². The molecule has 6 heteroatoms. The average molecular weight is 419 g/mol. The topological polar surface area (TPSA) is 83.1 Å². The Morgan fingerprint density at radius 3 is 2.71 bits per heavy atom. The van der Waals surface area contributed by atoms with Crippen molar-refractivity contribution in [1.29, 1.82) is 0 Å². The number of aromatic hydroxyl groups is 1. The minimum atomic E-state index is 0.0743. The molecular weight excluding hydrogens is 388 g/mol. The molecule has 2 aromatic carbocycles. The van der Waals surface area contributed by atoms with Crippen molar-refractivity contribution >= 4 is 17.0 Å². The van der Waals surface area contributed by atoms with Gasteiger partial charge in [-0.15, -0.1) is 0 Å². The highest BCUT2D eigenvalue weighted by Gasteiger charge is 2.46. The summed E-state index contributed by atoms with van der Waals surface area (Å²) in [5.74, 6) is 0.955. The number of rotatable bonds is 4. The molecule has 162 valence electrons. The fourth-order valence-electron chi connectivity index (χ4n) is 5.56. The molecule has 2 aliphatic heterocycles. The third-order valence-electron chi connectivity index (χ3n) is 7.34. The van der Waals surface area contributed by atoms with Crippen molar-refractivity contribution in [2.75, 3.05) is 31.6 Å². The number of ether oxygens (including phenoxy) is 1. The molecule has 1 fully saturated rings. The minimum absolute atomic E-state index is 0.0743. The van der Waals surface area contributed by atoms with Gasteiger partial charge in [-0.3, -0.25) is 0 Å². The normalized spacial score (nSPS) is 21.5. The first-order chi connectivity index (χ1) is 15.0. The smallest absolute Gasteiger partial charge is 0.143 e. The maximum absolute atomic E-state index is 10.8. The van der Waals surface area contributed by atoms with E-state index in [9.17, 15) is 5.11 Å². The van der Waals surface area contributed by atoms with Crippen molar-refractivity contribution in [2.24, 2.45) is 16.3 Å². The lowest BCUT2D eigenvalue weighted by molar-refractivity contribution is 0.187. The molecule has 6 nitrogen and oxygen atoms in total. The van der Waals surface area contributed by atoms with Gasteiger partial charge >= 0.3 is 0 Å². The summed E-state index contributed by atoms with van der Waals surface area (Å²) >= 11 is 0. The highest BCUT2D eigenvalue weighted by Crippen LogP contribution is 2.52. The van der Waals surface area contributed by atoms with Gasteiger partial charge in [0.05, 0.1) is 24.1 Å². The average Bonchev–Trinajstić information content (AvgIpc) is 3.42. The Bertz CT molecular complexity index is 1050. The summed E-state index contributed by atoms with van der Waals surface area (Å²) in [6.45, 7) is 6.77. The molecule has 4 N–H and O–H groups in total. The van der Waals surface area contributed by atoms with E-state index in [0.29, 0.717) is 0 Å². The second-order valence-corrected chi connectivity index (χ2v) is 8.91. The molecule has 1 aliphatic carbocycles. The van der Waals surface area contributed by atoms with Crippen LogP contribution in [0.2, 0.25) is 0 Å². The molecule has 0 bridgehead atoms. The number of hydrazone groups is 1. The van der Waals surface area contributed by atoms with Gasteiger partial charge in [0, 0.05) is 37.7 Å². The molecular formula is C25H30N4O2. The molecule has 5 rings (SSSR count). The largest absolute Gasteiger partial charge is 0.507 e. The Labute approximate surface area is 183 Å². The second-order valence-electron chi connectivity index (χ2n) is 8.91. The number of nitrogens with zero attached hydrogens (tertiary/aromatic N) is 2. The van der Waals surface area contributed by atoms with Crippen LogP contribution < -0.4 is 20.8 Å². The lowest BCUT2D eigenvalue weighted by Crippen LogP contribution is -2.44. The van der Waals surface area contributed by atoms with Crippen molar-refractivity contribution < 1.29 is 9.84 Å². The number of fused-ring (bicyclic) bond motifs is 1. The monoisotopic (exact) mass is 418 g/mol. The maximum atomic E-state index is 10.8. The predicted octanol–water partition coefficient (Wildman–Crippen LogP) is 3.61. The number of hydrogen-bond donors (Lipinski definition) is 3. The number of phenolic OH excluding ortho intramolecular Hbond substituents is 1. The number of piperidine rings is 1. The van der Waals surface area contributed by atoms with Gasteiger partial charge in [0.2, 0.25) is 0 Å². The first kappa shape index (κ1) is 19.9. The van der Waals surface area contributed by atoms with E-state index in [1.54, 1.807) is 13.2 Å². The number of allylic oxidation sites excluding steroid dienone is 1. The van der Waals surface area contributed by atoms with Crippen LogP contribution in [-0.4, -0.2) is 37.6 Å². The van der Waals surface area contributed by atoms with Crippen molar-refractivity contribution in [2.45, 2.75) is 31.7 Å². The number of nitrogens with two attached hydrogens (primary N) is 1. The van der Waals surface area contributed by atoms with Crippen LogP contribution in [-0.2, 0) is 6.42 Å². The first-order valence-electron chi connectivity index (χ1n) is 11.0. The zero-order valence-electron chi connectivity index (χ0n) is 18.0. The summed E-state index contributed by atoms with van der Waals surface area (Å²) in [5.41, 5.74) is 15.8. The highest BCUT2D eigenvalue weighted by molar-refractivity contribution is 6.25. The summed E-state index contributed by atoms with van der Waals surface area (Å²) in [4.78, 5) is 2.32. The summed E-state index contributed by atoms with van der Waals surface area (Å²) in [7, 11) is 1.67. The zero-order valence-corrected chi connectivity index (χ0v) is 18.0. The van der Waals surface area contributed by atoms with E-state index in [-0.39, 0.29) is 17.2 Å². The molecule has 0 radical (unpaired) electrons. The van der Waals surface area contributed by atoms with E-state index >= 15 is 0 Å². The van der Waals surface area contributed by atoms with Crippen LogP contribution in [0.15, 0.2) is 48.1 Å². The Balaban J connectivity index is 1.46. The summed E-state index contributed by atoms with van der Waals surface area (Å²) in [5, 5.41) is 15.2. The quantitative estimate of drug-likeness (QED) is 0.707. The number of hydrogen-bond acceptors (Lipinski definition) is 6. The highest BCUT2D eigenvalue weighted by atomic mass is 16.5. The number of phenols is 1. The van der Waals surface area contributed by atoms with Gasteiger partial charge in [-0.25, -0.2) is 0 Å². The van der Waals surface area contributed by atoms with Gasteiger partial charge in [0.25, 0.3) is 0 Å². The molecule has 3 aliphatic rings. The lowest BCUT2D eigenvalue weighted by Gasteiger charge is -2.44. The van der Waals surface area contributed by atoms with Crippen molar-refractivity contribution in [1.82, 2.24) is 5.43 Å². The van der Waals surface area contributed by atoms with Gasteiger partial charge in [-0.2, -0.15) is 5.10 Å². The lowest BCUT2D eigenvalue weighted by atomic mass is 9.73. The van der Waals surface area contributed by atoms with E-state index in [2.05, 4.69) is 46.3 Å². The SMILES string of the molecule is C=C(C1=NNCC1)c1c(O)ccc(OC)c1N1CCC2(CC1)Cc1ccccc1[C@H]2N. The van der Waals surface area contributed by atoms with Gasteiger partial charge in [0.15, 0.2) is 0 Å². The van der Waals surface area contributed by atoms with Crippen LogP contribution >= 0.6 is 0 Å². The minimum Gasteiger partial charge on any atom is -0.507 e. The maximum Gasteiger partial charge on any atom is 0.143 e. The predicted molar refractivity (Wildman–Crippen MR) is 125 cm³/mol. The molecule has 1 spiro atoms. The van der Waals surface area contributed by atoms with Crippen molar-refractivity contribution in [3.63, 3.8) is 0 Å². The summed E-state index contributed by atoms with van der Waals surface area (Å²) in [6.07, 6.45) is 3.83. The van der Waals surface area contributed by atoms with E-state index < -0.39 is 0 Å².